The Hall–Kier alpha value is -1.76. The van der Waals surface area contributed by atoms with E-state index in [1.807, 2.05) is 0 Å². The second-order valence-electron chi connectivity index (χ2n) is 3.32. The molecule has 106 valence electrons. The van der Waals surface area contributed by atoms with Gasteiger partial charge in [0, 0.05) is 6.07 Å². The molecule has 2 atom stereocenters. The van der Waals surface area contributed by atoms with Crippen molar-refractivity contribution in [1.29, 1.82) is 0 Å². The number of anilines is 1. The van der Waals surface area contributed by atoms with E-state index in [9.17, 15) is 28.4 Å². The minimum Gasteiger partial charge on any atom is -0.595 e. The first-order valence-electron chi connectivity index (χ1n) is 4.61. The molecule has 0 saturated carbocycles. The Morgan fingerprint density at radius 2 is 1.79 bits per heavy atom. The van der Waals surface area contributed by atoms with Crippen molar-refractivity contribution in [3.8, 4) is 0 Å². The zero-order chi connectivity index (χ0) is 14.8. The van der Waals surface area contributed by atoms with Crippen LogP contribution in [0.15, 0.2) is 18.2 Å². The highest BCUT2D eigenvalue weighted by Gasteiger charge is 2.39. The molecule has 5 N–H and O–H groups in total. The fourth-order valence-corrected chi connectivity index (χ4v) is 1.16. The number of nitrogens with one attached hydrogen (secondary N) is 3. The second-order valence-corrected chi connectivity index (χ2v) is 3.32. The predicted molar refractivity (Wildman–Crippen MR) is 52.7 cm³/mol. The van der Waals surface area contributed by atoms with Crippen LogP contribution < -0.4 is 15.8 Å². The lowest BCUT2D eigenvalue weighted by molar-refractivity contribution is -0.996. The van der Waals surface area contributed by atoms with Crippen LogP contribution in [0.1, 0.15) is 0 Å². The molecular weight excluding hydrogens is 275 g/mol. The third-order valence-corrected chi connectivity index (χ3v) is 2.00. The normalized spacial score (nSPS) is 14.9. The van der Waals surface area contributed by atoms with Gasteiger partial charge in [0.05, 0.1) is 6.07 Å². The molecule has 0 aliphatic rings. The maximum Gasteiger partial charge on any atom is 0.471 e. The maximum atomic E-state index is 12.0. The fourth-order valence-electron chi connectivity index (χ4n) is 1.16. The molecule has 0 spiro atoms. The van der Waals surface area contributed by atoms with Gasteiger partial charge >= 0.3 is 12.1 Å². The summed E-state index contributed by atoms with van der Waals surface area (Å²) in [6.45, 7) is 0. The molecule has 0 aromatic heterocycles. The van der Waals surface area contributed by atoms with Crippen LogP contribution in [0.25, 0.3) is 0 Å². The molecule has 0 heterocycles. The molecule has 1 aromatic carbocycles. The lowest BCUT2D eigenvalue weighted by Crippen LogP contribution is -3.00. The van der Waals surface area contributed by atoms with Crippen LogP contribution in [0.5, 0.6) is 0 Å². The van der Waals surface area contributed by atoms with Crippen molar-refractivity contribution in [2.75, 3.05) is 5.32 Å². The molecule has 8 nitrogen and oxygen atoms in total. The summed E-state index contributed by atoms with van der Waals surface area (Å²) in [7, 11) is 0. The largest absolute Gasteiger partial charge is 0.595 e. The van der Waals surface area contributed by atoms with Crippen LogP contribution in [0, 0.1) is 10.4 Å². The SMILES string of the molecule is O=C(Nc1ccc([NH+]([O-])O)cc1[NH+]([O-])O)C(F)(F)F. The van der Waals surface area contributed by atoms with Crippen LogP contribution in [-0.4, -0.2) is 22.5 Å². The highest BCUT2D eigenvalue weighted by atomic mass is 19.4. The first-order valence-corrected chi connectivity index (χ1v) is 4.61. The highest BCUT2D eigenvalue weighted by Crippen LogP contribution is 2.24. The molecule has 0 radical (unpaired) electrons. The topological polar surface area (TPSA) is 125 Å². The summed E-state index contributed by atoms with van der Waals surface area (Å²) in [5, 5.41) is 37.1. The molecule has 0 saturated heterocycles. The van der Waals surface area contributed by atoms with Gasteiger partial charge in [0.2, 0.25) is 0 Å². The maximum absolute atomic E-state index is 12.0. The van der Waals surface area contributed by atoms with E-state index in [1.54, 1.807) is 0 Å². The van der Waals surface area contributed by atoms with Crippen LogP contribution >= 0.6 is 0 Å². The van der Waals surface area contributed by atoms with Gasteiger partial charge in [-0.25, -0.2) is 10.4 Å². The Balaban J connectivity index is 3.11. The molecule has 0 fully saturated rings. The number of hydrogen-bond donors (Lipinski definition) is 5. The number of carbonyl (C=O) groups excluding carboxylic acids is 1. The quantitative estimate of drug-likeness (QED) is 0.455. The third kappa shape index (κ3) is 3.85. The van der Waals surface area contributed by atoms with Crippen molar-refractivity contribution in [2.45, 2.75) is 6.18 Å². The minimum atomic E-state index is -5.18. The van der Waals surface area contributed by atoms with Gasteiger partial charge in [0.15, 0.2) is 11.4 Å². The van der Waals surface area contributed by atoms with Crippen molar-refractivity contribution in [1.82, 2.24) is 0 Å². The first kappa shape index (κ1) is 15.3. The standard InChI is InChI=1S/C8H8F3N3O5/c9-8(10,11)7(15)12-5-2-1-4(13(16)17)3-6(5)14(18)19/h1-3,13-14,16,18H,(H,12,15). The van der Waals surface area contributed by atoms with E-state index < -0.39 is 39.6 Å². The Morgan fingerprint density at radius 3 is 2.21 bits per heavy atom. The number of hydrogen-bond acceptors (Lipinski definition) is 5. The highest BCUT2D eigenvalue weighted by molar-refractivity contribution is 5.96. The van der Waals surface area contributed by atoms with Crippen molar-refractivity contribution < 1.29 is 38.8 Å². The van der Waals surface area contributed by atoms with Gasteiger partial charge in [-0.3, -0.25) is 4.79 Å². The molecule has 1 aromatic rings. The summed E-state index contributed by atoms with van der Waals surface area (Å²) in [5.41, 5.74) is -1.82. The number of alkyl halides is 3. The zero-order valence-corrected chi connectivity index (χ0v) is 8.99. The number of halogens is 3. The van der Waals surface area contributed by atoms with Crippen LogP contribution in [-0.2, 0) is 4.79 Å². The van der Waals surface area contributed by atoms with Crippen molar-refractivity contribution in [2.24, 2.45) is 0 Å². The lowest BCUT2D eigenvalue weighted by atomic mass is 10.2. The summed E-state index contributed by atoms with van der Waals surface area (Å²) < 4.78 is 36.1. The number of carbonyl (C=O) groups is 1. The number of quaternary nitrogens is 2. The van der Waals surface area contributed by atoms with Gasteiger partial charge in [-0.2, -0.15) is 23.6 Å². The van der Waals surface area contributed by atoms with Gasteiger partial charge < -0.3 is 15.7 Å². The van der Waals surface area contributed by atoms with E-state index in [-0.39, 0.29) is 0 Å². The van der Waals surface area contributed by atoms with E-state index in [4.69, 9.17) is 10.4 Å². The number of benzene rings is 1. The molecule has 1 rings (SSSR count). The minimum absolute atomic E-state index is 0.428. The average Bonchev–Trinajstić information content (AvgIpc) is 2.27. The summed E-state index contributed by atoms with van der Waals surface area (Å²) in [6, 6.07) is 2.30. The summed E-state index contributed by atoms with van der Waals surface area (Å²) >= 11 is 0. The third-order valence-electron chi connectivity index (χ3n) is 2.00. The van der Waals surface area contributed by atoms with E-state index in [0.29, 0.717) is 6.07 Å². The lowest BCUT2D eigenvalue weighted by Gasteiger charge is -2.19. The molecule has 11 heteroatoms. The van der Waals surface area contributed by atoms with Crippen molar-refractivity contribution in [3.63, 3.8) is 0 Å². The summed E-state index contributed by atoms with van der Waals surface area (Å²) in [4.78, 5) is 10.7. The number of rotatable bonds is 3. The fraction of sp³-hybridized carbons (Fsp3) is 0.125. The van der Waals surface area contributed by atoms with Gasteiger partial charge in [-0.1, -0.05) is 0 Å². The Kier molecular flexibility index (Phi) is 4.41. The molecule has 2 unspecified atom stereocenters. The average molecular weight is 283 g/mol. The van der Waals surface area contributed by atoms with Gasteiger partial charge in [0.1, 0.15) is 5.69 Å². The molecule has 0 aliphatic heterocycles. The summed E-state index contributed by atoms with van der Waals surface area (Å²) in [5.74, 6) is -2.35. The predicted octanol–water partition coefficient (Wildman–Crippen LogP) is -1.01. The van der Waals surface area contributed by atoms with E-state index >= 15 is 0 Å². The summed E-state index contributed by atoms with van der Waals surface area (Å²) in [6.07, 6.45) is -5.18. The van der Waals surface area contributed by atoms with E-state index in [2.05, 4.69) is 0 Å². The smallest absolute Gasteiger partial charge is 0.471 e. The van der Waals surface area contributed by atoms with Gasteiger partial charge in [0.25, 0.3) is 0 Å². The Labute approximate surface area is 103 Å². The molecule has 19 heavy (non-hydrogen) atoms. The van der Waals surface area contributed by atoms with Crippen molar-refractivity contribution >= 4 is 23.0 Å². The monoisotopic (exact) mass is 283 g/mol. The van der Waals surface area contributed by atoms with Gasteiger partial charge in [-0.15, -0.1) is 0 Å². The Bertz CT molecular complexity index is 477. The molecule has 0 aliphatic carbocycles. The van der Waals surface area contributed by atoms with Crippen LogP contribution in [0.4, 0.5) is 30.2 Å². The molecule has 1 amide bonds. The van der Waals surface area contributed by atoms with Crippen LogP contribution in [0.2, 0.25) is 0 Å². The molecular formula is C8H8F3N3O5. The van der Waals surface area contributed by atoms with E-state index in [0.717, 1.165) is 12.1 Å². The second kappa shape index (κ2) is 5.48. The first-order chi connectivity index (χ1) is 8.62. The van der Waals surface area contributed by atoms with E-state index in [1.165, 1.54) is 5.32 Å². The van der Waals surface area contributed by atoms with Crippen molar-refractivity contribution in [3.05, 3.63) is 28.6 Å². The zero-order valence-electron chi connectivity index (χ0n) is 8.99. The molecule has 0 bridgehead atoms. The Morgan fingerprint density at radius 1 is 1.21 bits per heavy atom. The van der Waals surface area contributed by atoms with Gasteiger partial charge in [-0.05, 0) is 6.07 Å². The van der Waals surface area contributed by atoms with Crippen LogP contribution in [0.3, 0.4) is 0 Å². The number of amides is 1.